The van der Waals surface area contributed by atoms with Gasteiger partial charge in [-0.05, 0) is 18.4 Å². The van der Waals surface area contributed by atoms with Crippen molar-refractivity contribution in [3.63, 3.8) is 0 Å². The Morgan fingerprint density at radius 1 is 1.13 bits per heavy atom. The van der Waals surface area contributed by atoms with E-state index < -0.39 is 6.10 Å². The molecule has 0 heterocycles. The van der Waals surface area contributed by atoms with Crippen LogP contribution in [-0.4, -0.2) is 17.3 Å². The van der Waals surface area contributed by atoms with Crippen molar-refractivity contribution >= 4 is 0 Å². The summed E-state index contributed by atoms with van der Waals surface area (Å²) in [5.74, 6) is 0.328. The Morgan fingerprint density at radius 2 is 1.73 bits per heavy atom. The highest BCUT2D eigenvalue weighted by molar-refractivity contribution is 5.13. The van der Waals surface area contributed by atoms with Crippen LogP contribution in [0.3, 0.4) is 0 Å². The maximum Gasteiger partial charge on any atom is 0.0858 e. The van der Waals surface area contributed by atoms with E-state index in [0.717, 1.165) is 5.56 Å². The minimum Gasteiger partial charge on any atom is -0.391 e. The summed E-state index contributed by atoms with van der Waals surface area (Å²) in [6, 6.07) is 10.0. The molecule has 0 radical (unpaired) electrons. The normalized spacial score (nSPS) is 15.3. The lowest BCUT2D eigenvalue weighted by Gasteiger charge is -2.24. The molecule has 0 amide bonds. The molecular weight excluding hydrogens is 188 g/mol. The monoisotopic (exact) mass is 208 g/mol. The molecule has 15 heavy (non-hydrogen) atoms. The molecule has 0 aliphatic heterocycles. The molecule has 0 aromatic heterocycles. The summed E-state index contributed by atoms with van der Waals surface area (Å²) < 4.78 is 5.70. The van der Waals surface area contributed by atoms with E-state index in [1.165, 1.54) is 0 Å². The van der Waals surface area contributed by atoms with Gasteiger partial charge < -0.3 is 9.84 Å². The lowest BCUT2D eigenvalue weighted by Crippen LogP contribution is -2.31. The van der Waals surface area contributed by atoms with Crippen LogP contribution in [0.1, 0.15) is 26.3 Å². The van der Waals surface area contributed by atoms with Crippen molar-refractivity contribution in [2.75, 3.05) is 0 Å². The van der Waals surface area contributed by atoms with Gasteiger partial charge in [0.15, 0.2) is 0 Å². The molecule has 0 aliphatic rings. The molecule has 2 atom stereocenters. The fourth-order valence-electron chi connectivity index (χ4n) is 1.66. The van der Waals surface area contributed by atoms with E-state index in [4.69, 9.17) is 4.74 Å². The van der Waals surface area contributed by atoms with Crippen LogP contribution < -0.4 is 0 Å². The molecule has 0 bridgehead atoms. The highest BCUT2D eigenvalue weighted by Gasteiger charge is 2.19. The van der Waals surface area contributed by atoms with Crippen LogP contribution in [0.2, 0.25) is 0 Å². The largest absolute Gasteiger partial charge is 0.391 e. The first kappa shape index (κ1) is 12.2. The fraction of sp³-hybridized carbons (Fsp3) is 0.538. The minimum atomic E-state index is -0.422. The highest BCUT2D eigenvalue weighted by Crippen LogP contribution is 2.13. The van der Waals surface area contributed by atoms with Crippen LogP contribution in [0.15, 0.2) is 30.3 Å². The quantitative estimate of drug-likeness (QED) is 0.806. The van der Waals surface area contributed by atoms with Gasteiger partial charge in [0, 0.05) is 0 Å². The van der Waals surface area contributed by atoms with Crippen molar-refractivity contribution in [2.24, 2.45) is 5.92 Å². The van der Waals surface area contributed by atoms with Gasteiger partial charge in [-0.15, -0.1) is 0 Å². The molecule has 0 saturated carbocycles. The van der Waals surface area contributed by atoms with Gasteiger partial charge in [0.2, 0.25) is 0 Å². The Hall–Kier alpha value is -0.860. The summed E-state index contributed by atoms with van der Waals surface area (Å²) in [5, 5.41) is 9.54. The molecule has 2 nitrogen and oxygen atoms in total. The van der Waals surface area contributed by atoms with Gasteiger partial charge in [-0.1, -0.05) is 44.2 Å². The molecule has 84 valence electrons. The van der Waals surface area contributed by atoms with Crippen molar-refractivity contribution in [1.82, 2.24) is 0 Å². The van der Waals surface area contributed by atoms with Crippen LogP contribution in [-0.2, 0) is 11.3 Å². The number of aliphatic hydroxyl groups excluding tert-OH is 1. The molecule has 1 N–H and O–H groups in total. The standard InChI is InChI=1S/C13H20O2/c1-10(2)13(11(3)14)15-9-12-7-5-4-6-8-12/h4-8,10-11,13-14H,9H2,1-3H3. The van der Waals surface area contributed by atoms with Crippen LogP contribution >= 0.6 is 0 Å². The Morgan fingerprint density at radius 3 is 2.20 bits per heavy atom. The van der Waals surface area contributed by atoms with Gasteiger partial charge in [0.25, 0.3) is 0 Å². The van der Waals surface area contributed by atoms with E-state index in [0.29, 0.717) is 12.5 Å². The minimum absolute atomic E-state index is 0.0924. The summed E-state index contributed by atoms with van der Waals surface area (Å²) >= 11 is 0. The van der Waals surface area contributed by atoms with Crippen molar-refractivity contribution < 1.29 is 9.84 Å². The average molecular weight is 208 g/mol. The first-order valence-corrected chi connectivity index (χ1v) is 5.45. The molecule has 2 unspecified atom stereocenters. The smallest absolute Gasteiger partial charge is 0.0858 e. The molecule has 1 rings (SSSR count). The second-order valence-electron chi connectivity index (χ2n) is 4.25. The highest BCUT2D eigenvalue weighted by atomic mass is 16.5. The van der Waals surface area contributed by atoms with Gasteiger partial charge >= 0.3 is 0 Å². The first-order chi connectivity index (χ1) is 7.11. The van der Waals surface area contributed by atoms with Crippen molar-refractivity contribution in [2.45, 2.75) is 39.6 Å². The Balaban J connectivity index is 2.47. The maximum absolute atomic E-state index is 9.54. The summed E-state index contributed by atoms with van der Waals surface area (Å²) in [7, 11) is 0. The van der Waals surface area contributed by atoms with Crippen molar-refractivity contribution in [3.8, 4) is 0 Å². The van der Waals surface area contributed by atoms with Gasteiger partial charge in [0.1, 0.15) is 0 Å². The zero-order valence-electron chi connectivity index (χ0n) is 9.68. The molecule has 0 aliphatic carbocycles. The second-order valence-corrected chi connectivity index (χ2v) is 4.25. The second kappa shape index (κ2) is 5.89. The zero-order chi connectivity index (χ0) is 11.3. The summed E-state index contributed by atoms with van der Waals surface area (Å²) in [5.41, 5.74) is 1.14. The predicted octanol–water partition coefficient (Wildman–Crippen LogP) is 2.61. The third-order valence-corrected chi connectivity index (χ3v) is 2.42. The van der Waals surface area contributed by atoms with E-state index >= 15 is 0 Å². The molecule has 2 heteroatoms. The Kier molecular flexibility index (Phi) is 4.79. The van der Waals surface area contributed by atoms with Gasteiger partial charge in [-0.3, -0.25) is 0 Å². The van der Waals surface area contributed by atoms with Crippen molar-refractivity contribution in [1.29, 1.82) is 0 Å². The maximum atomic E-state index is 9.54. The third kappa shape index (κ3) is 4.02. The van der Waals surface area contributed by atoms with E-state index in [1.54, 1.807) is 6.92 Å². The molecule has 1 aromatic carbocycles. The van der Waals surface area contributed by atoms with Crippen LogP contribution in [0, 0.1) is 5.92 Å². The average Bonchev–Trinajstić information content (AvgIpc) is 2.18. The lowest BCUT2D eigenvalue weighted by molar-refractivity contribution is -0.0621. The first-order valence-electron chi connectivity index (χ1n) is 5.45. The topological polar surface area (TPSA) is 29.5 Å². The lowest BCUT2D eigenvalue weighted by atomic mass is 10.0. The fourth-order valence-corrected chi connectivity index (χ4v) is 1.66. The third-order valence-electron chi connectivity index (χ3n) is 2.42. The van der Waals surface area contributed by atoms with Gasteiger partial charge in [-0.2, -0.15) is 0 Å². The Labute approximate surface area is 91.9 Å². The Bertz CT molecular complexity index is 259. The zero-order valence-corrected chi connectivity index (χ0v) is 9.68. The number of hydrogen-bond acceptors (Lipinski definition) is 2. The number of benzene rings is 1. The van der Waals surface area contributed by atoms with E-state index in [9.17, 15) is 5.11 Å². The van der Waals surface area contributed by atoms with E-state index in [1.807, 2.05) is 30.3 Å². The molecule has 0 spiro atoms. The predicted molar refractivity (Wildman–Crippen MR) is 61.5 cm³/mol. The van der Waals surface area contributed by atoms with E-state index in [2.05, 4.69) is 13.8 Å². The number of ether oxygens (including phenoxy) is 1. The van der Waals surface area contributed by atoms with Crippen LogP contribution in [0.5, 0.6) is 0 Å². The number of aliphatic hydroxyl groups is 1. The summed E-state index contributed by atoms with van der Waals surface area (Å²) in [6.45, 7) is 6.45. The van der Waals surface area contributed by atoms with Gasteiger partial charge in [-0.25, -0.2) is 0 Å². The molecule has 0 fully saturated rings. The van der Waals surface area contributed by atoms with Crippen LogP contribution in [0.4, 0.5) is 0 Å². The number of hydrogen-bond donors (Lipinski definition) is 1. The van der Waals surface area contributed by atoms with E-state index in [-0.39, 0.29) is 6.10 Å². The summed E-state index contributed by atoms with van der Waals surface area (Å²) in [4.78, 5) is 0. The molecule has 0 saturated heterocycles. The van der Waals surface area contributed by atoms with Gasteiger partial charge in [0.05, 0.1) is 18.8 Å². The molecular formula is C13H20O2. The number of rotatable bonds is 5. The van der Waals surface area contributed by atoms with Crippen molar-refractivity contribution in [3.05, 3.63) is 35.9 Å². The summed E-state index contributed by atoms with van der Waals surface area (Å²) in [6.07, 6.45) is -0.515. The molecule has 1 aromatic rings. The SMILES string of the molecule is CC(C)C(OCc1ccccc1)C(C)O. The van der Waals surface area contributed by atoms with Crippen LogP contribution in [0.25, 0.3) is 0 Å².